The molecule has 0 aliphatic carbocycles. The molecule has 4 heteroatoms. The summed E-state index contributed by atoms with van der Waals surface area (Å²) >= 11 is 11.9. The number of nitrogen functional groups attached to an aromatic ring is 1. The zero-order valence-corrected chi connectivity index (χ0v) is 8.73. The SMILES string of the molecule is Nc1cc(Cl)c(-c2ccc[nH]2)cc1Cl. The summed E-state index contributed by atoms with van der Waals surface area (Å²) in [6.45, 7) is 0. The zero-order chi connectivity index (χ0) is 10.1. The predicted octanol–water partition coefficient (Wildman–Crippen LogP) is 3.57. The second-order valence-electron chi connectivity index (χ2n) is 2.94. The predicted molar refractivity (Wildman–Crippen MR) is 60.7 cm³/mol. The van der Waals surface area contributed by atoms with Crippen LogP contribution in [0.4, 0.5) is 5.69 Å². The number of H-pyrrole nitrogens is 1. The molecule has 2 aromatic rings. The van der Waals surface area contributed by atoms with E-state index in [1.807, 2.05) is 18.3 Å². The molecule has 0 aliphatic heterocycles. The summed E-state index contributed by atoms with van der Waals surface area (Å²) in [5.74, 6) is 0. The Kier molecular flexibility index (Phi) is 2.40. The maximum Gasteiger partial charge on any atom is 0.0643 e. The minimum absolute atomic E-state index is 0.493. The number of nitrogens with two attached hydrogens (primary N) is 1. The summed E-state index contributed by atoms with van der Waals surface area (Å²) in [6, 6.07) is 7.23. The molecule has 3 N–H and O–H groups in total. The Labute approximate surface area is 91.6 Å². The summed E-state index contributed by atoms with van der Waals surface area (Å²) < 4.78 is 0. The molecule has 0 radical (unpaired) electrons. The average molecular weight is 227 g/mol. The van der Waals surface area contributed by atoms with Crippen LogP contribution in [0.15, 0.2) is 30.5 Å². The van der Waals surface area contributed by atoms with Crippen LogP contribution >= 0.6 is 23.2 Å². The summed E-state index contributed by atoms with van der Waals surface area (Å²) in [5.41, 5.74) is 7.89. The minimum atomic E-state index is 0.493. The first kappa shape index (κ1) is 9.44. The van der Waals surface area contributed by atoms with Crippen LogP contribution in [-0.4, -0.2) is 4.98 Å². The maximum atomic E-state index is 6.03. The van der Waals surface area contributed by atoms with Gasteiger partial charge in [0.25, 0.3) is 0 Å². The van der Waals surface area contributed by atoms with Gasteiger partial charge >= 0.3 is 0 Å². The summed E-state index contributed by atoms with van der Waals surface area (Å²) in [7, 11) is 0. The molecule has 0 bridgehead atoms. The molecule has 0 spiro atoms. The van der Waals surface area contributed by atoms with E-state index in [0.29, 0.717) is 15.7 Å². The third kappa shape index (κ3) is 1.59. The van der Waals surface area contributed by atoms with Crippen molar-refractivity contribution >= 4 is 28.9 Å². The van der Waals surface area contributed by atoms with E-state index < -0.39 is 0 Å². The first-order chi connectivity index (χ1) is 6.68. The molecule has 0 unspecified atom stereocenters. The Morgan fingerprint density at radius 3 is 2.57 bits per heavy atom. The summed E-state index contributed by atoms with van der Waals surface area (Å²) in [5, 5.41) is 1.10. The van der Waals surface area contributed by atoms with Gasteiger partial charge in [0, 0.05) is 17.5 Å². The lowest BCUT2D eigenvalue weighted by molar-refractivity contribution is 1.40. The van der Waals surface area contributed by atoms with E-state index in [2.05, 4.69) is 4.98 Å². The molecule has 0 saturated carbocycles. The second-order valence-corrected chi connectivity index (χ2v) is 3.75. The van der Waals surface area contributed by atoms with Gasteiger partial charge in [-0.1, -0.05) is 23.2 Å². The molecular weight excluding hydrogens is 219 g/mol. The molecule has 0 aliphatic rings. The number of hydrogen-bond acceptors (Lipinski definition) is 1. The quantitative estimate of drug-likeness (QED) is 0.718. The van der Waals surface area contributed by atoms with E-state index in [1.54, 1.807) is 12.1 Å². The first-order valence-corrected chi connectivity index (χ1v) is 4.82. The Morgan fingerprint density at radius 2 is 1.93 bits per heavy atom. The number of aromatic amines is 1. The molecule has 1 heterocycles. The molecule has 72 valence electrons. The van der Waals surface area contributed by atoms with Crippen molar-refractivity contribution in [2.24, 2.45) is 0 Å². The zero-order valence-electron chi connectivity index (χ0n) is 7.22. The lowest BCUT2D eigenvalue weighted by Crippen LogP contribution is -1.88. The number of anilines is 1. The Bertz CT molecular complexity index is 449. The van der Waals surface area contributed by atoms with Crippen molar-refractivity contribution in [3.63, 3.8) is 0 Å². The third-order valence-corrected chi connectivity index (χ3v) is 2.61. The maximum absolute atomic E-state index is 6.03. The fourth-order valence-corrected chi connectivity index (χ4v) is 1.70. The van der Waals surface area contributed by atoms with Gasteiger partial charge in [0.05, 0.1) is 15.7 Å². The van der Waals surface area contributed by atoms with Gasteiger partial charge in [-0.15, -0.1) is 0 Å². The van der Waals surface area contributed by atoms with Gasteiger partial charge in [0.2, 0.25) is 0 Å². The number of benzene rings is 1. The van der Waals surface area contributed by atoms with Crippen molar-refractivity contribution in [2.75, 3.05) is 5.73 Å². The fourth-order valence-electron chi connectivity index (χ4n) is 1.27. The van der Waals surface area contributed by atoms with Crippen molar-refractivity contribution < 1.29 is 0 Å². The van der Waals surface area contributed by atoms with Gasteiger partial charge in [-0.2, -0.15) is 0 Å². The van der Waals surface area contributed by atoms with Crippen molar-refractivity contribution in [2.45, 2.75) is 0 Å². The molecular formula is C10H8Cl2N2. The monoisotopic (exact) mass is 226 g/mol. The molecule has 0 amide bonds. The number of rotatable bonds is 1. The van der Waals surface area contributed by atoms with Crippen LogP contribution in [0.5, 0.6) is 0 Å². The Balaban J connectivity index is 2.60. The highest BCUT2D eigenvalue weighted by atomic mass is 35.5. The summed E-state index contributed by atoms with van der Waals surface area (Å²) in [4.78, 5) is 3.06. The highest BCUT2D eigenvalue weighted by Gasteiger charge is 2.07. The average Bonchev–Trinajstić information content (AvgIpc) is 2.64. The smallest absolute Gasteiger partial charge is 0.0643 e. The first-order valence-electron chi connectivity index (χ1n) is 4.07. The van der Waals surface area contributed by atoms with Crippen LogP contribution < -0.4 is 5.73 Å². The van der Waals surface area contributed by atoms with Gasteiger partial charge < -0.3 is 10.7 Å². The van der Waals surface area contributed by atoms with Crippen molar-refractivity contribution in [3.8, 4) is 11.3 Å². The number of aromatic nitrogens is 1. The molecule has 0 fully saturated rings. The van der Waals surface area contributed by atoms with Crippen LogP contribution in [0.2, 0.25) is 10.0 Å². The Hall–Kier alpha value is -1.12. The standard InChI is InChI=1S/C10H8Cl2N2/c11-7-5-9(13)8(12)4-6(7)10-2-1-3-14-10/h1-5,14H,13H2. The van der Waals surface area contributed by atoms with Crippen molar-refractivity contribution in [1.82, 2.24) is 4.98 Å². The van der Waals surface area contributed by atoms with Crippen LogP contribution in [0.3, 0.4) is 0 Å². The molecule has 2 rings (SSSR count). The van der Waals surface area contributed by atoms with Gasteiger partial charge in [0.15, 0.2) is 0 Å². The number of nitrogens with one attached hydrogen (secondary N) is 1. The molecule has 2 nitrogen and oxygen atoms in total. The van der Waals surface area contributed by atoms with Crippen molar-refractivity contribution in [3.05, 3.63) is 40.5 Å². The second kappa shape index (κ2) is 3.56. The summed E-state index contributed by atoms with van der Waals surface area (Å²) in [6.07, 6.45) is 1.83. The molecule has 1 aromatic heterocycles. The normalized spacial score (nSPS) is 10.4. The van der Waals surface area contributed by atoms with E-state index >= 15 is 0 Å². The van der Waals surface area contributed by atoms with E-state index in [4.69, 9.17) is 28.9 Å². The largest absolute Gasteiger partial charge is 0.397 e. The van der Waals surface area contributed by atoms with Crippen LogP contribution in [0.1, 0.15) is 0 Å². The van der Waals surface area contributed by atoms with Crippen molar-refractivity contribution in [1.29, 1.82) is 0 Å². The van der Waals surface area contributed by atoms with Gasteiger partial charge in [-0.05, 0) is 24.3 Å². The lowest BCUT2D eigenvalue weighted by atomic mass is 10.1. The minimum Gasteiger partial charge on any atom is -0.397 e. The van der Waals surface area contributed by atoms with E-state index in [1.165, 1.54) is 0 Å². The third-order valence-electron chi connectivity index (χ3n) is 1.97. The fraction of sp³-hybridized carbons (Fsp3) is 0. The lowest BCUT2D eigenvalue weighted by Gasteiger charge is -2.05. The Morgan fingerprint density at radius 1 is 1.14 bits per heavy atom. The van der Waals surface area contributed by atoms with Crippen LogP contribution in [0, 0.1) is 0 Å². The highest BCUT2D eigenvalue weighted by molar-refractivity contribution is 6.37. The topological polar surface area (TPSA) is 41.8 Å². The van der Waals surface area contributed by atoms with Crippen LogP contribution in [0.25, 0.3) is 11.3 Å². The van der Waals surface area contributed by atoms with Crippen LogP contribution in [-0.2, 0) is 0 Å². The van der Waals surface area contributed by atoms with E-state index in [-0.39, 0.29) is 0 Å². The molecule has 0 saturated heterocycles. The van der Waals surface area contributed by atoms with Gasteiger partial charge in [0.1, 0.15) is 0 Å². The highest BCUT2D eigenvalue weighted by Crippen LogP contribution is 2.33. The van der Waals surface area contributed by atoms with Gasteiger partial charge in [-0.3, -0.25) is 0 Å². The van der Waals surface area contributed by atoms with E-state index in [9.17, 15) is 0 Å². The molecule has 0 atom stereocenters. The van der Waals surface area contributed by atoms with E-state index in [0.717, 1.165) is 11.3 Å². The number of hydrogen-bond donors (Lipinski definition) is 2. The number of halogens is 2. The van der Waals surface area contributed by atoms with Gasteiger partial charge in [-0.25, -0.2) is 0 Å². The molecule has 1 aromatic carbocycles. The molecule has 14 heavy (non-hydrogen) atoms.